The first-order chi connectivity index (χ1) is 13.6. The van der Waals surface area contributed by atoms with E-state index in [1.807, 2.05) is 6.92 Å². The van der Waals surface area contributed by atoms with Crippen LogP contribution in [0.2, 0.25) is 0 Å². The number of carbonyl (C=O) groups is 1. The van der Waals surface area contributed by atoms with Gasteiger partial charge in [-0.2, -0.15) is 8.42 Å². The summed E-state index contributed by atoms with van der Waals surface area (Å²) in [7, 11) is -3.29. The third-order valence-corrected chi connectivity index (χ3v) is 5.24. The molecule has 0 fully saturated rings. The van der Waals surface area contributed by atoms with Crippen LogP contribution in [0, 0.1) is 0 Å². The third kappa shape index (κ3) is 27.3. The fraction of sp³-hybridized carbons (Fsp3) is 0.952. The molecule has 0 rings (SSSR count). The molecule has 3 N–H and O–H groups in total. The number of aliphatic hydroxyl groups is 1. The molecule has 1 unspecified atom stereocenters. The Morgan fingerprint density at radius 3 is 1.52 bits per heavy atom. The summed E-state index contributed by atoms with van der Waals surface area (Å²) in [5.41, 5.74) is -1.05. The molecule has 1 atom stereocenters. The van der Waals surface area contributed by atoms with Gasteiger partial charge in [-0.05, 0) is 19.8 Å². The maximum absolute atomic E-state index is 11.6. The molecule has 0 heterocycles. The maximum Gasteiger partial charge on any atom is 0.397 e. The summed E-state index contributed by atoms with van der Waals surface area (Å²) in [4.78, 5) is 11.6. The van der Waals surface area contributed by atoms with E-state index in [2.05, 4.69) is 16.4 Å². The Kier molecular flexibility index (Phi) is 20.3. The molecular formula is C21H45NO6S. The molecule has 0 aromatic heterocycles. The summed E-state index contributed by atoms with van der Waals surface area (Å²) in [5.74, 6) is -0.0278. The van der Waals surface area contributed by atoms with Crippen LogP contribution in [0.1, 0.15) is 117 Å². The van der Waals surface area contributed by atoms with Gasteiger partial charge >= 0.3 is 10.4 Å². The largest absolute Gasteiger partial charge is 0.397 e. The number of unbranched alkanes of at least 4 members (excludes halogenated alkanes) is 12. The summed E-state index contributed by atoms with van der Waals surface area (Å²) in [5, 5.41) is 12.4. The zero-order chi connectivity index (χ0) is 22.6. The second-order valence-corrected chi connectivity index (χ2v) is 8.95. The van der Waals surface area contributed by atoms with Crippen LogP contribution in [0.25, 0.3) is 0 Å². The van der Waals surface area contributed by atoms with E-state index >= 15 is 0 Å². The topological polar surface area (TPSA) is 113 Å². The fourth-order valence-corrected chi connectivity index (χ4v) is 2.75. The molecule has 7 nitrogen and oxygen atoms in total. The Hall–Kier alpha value is -0.700. The number of rotatable bonds is 17. The van der Waals surface area contributed by atoms with Crippen molar-refractivity contribution in [3.63, 3.8) is 0 Å². The smallest absolute Gasteiger partial charge is 0.371 e. The number of hydrogen-bond acceptors (Lipinski definition) is 5. The summed E-state index contributed by atoms with van der Waals surface area (Å²) < 4.78 is 29.7. The van der Waals surface area contributed by atoms with Gasteiger partial charge in [0.25, 0.3) is 0 Å². The van der Waals surface area contributed by atoms with E-state index in [1.54, 1.807) is 6.92 Å². The average Bonchev–Trinajstić information content (AvgIpc) is 2.65. The van der Waals surface area contributed by atoms with Crippen LogP contribution in [0.3, 0.4) is 0 Å². The van der Waals surface area contributed by atoms with E-state index < -0.39 is 16.1 Å². The lowest BCUT2D eigenvalue weighted by atomic mass is 10.0. The van der Waals surface area contributed by atoms with Gasteiger partial charge in [-0.3, -0.25) is 13.5 Å². The van der Waals surface area contributed by atoms with Crippen molar-refractivity contribution >= 4 is 16.3 Å². The minimum Gasteiger partial charge on any atom is -0.371 e. The zero-order valence-electron chi connectivity index (χ0n) is 19.0. The van der Waals surface area contributed by atoms with Gasteiger partial charge in [-0.15, -0.1) is 0 Å². The van der Waals surface area contributed by atoms with E-state index in [4.69, 9.17) is 4.55 Å². The maximum atomic E-state index is 11.6. The Bertz CT molecular complexity index is 480. The van der Waals surface area contributed by atoms with Crippen molar-refractivity contribution in [2.24, 2.45) is 0 Å². The third-order valence-electron chi connectivity index (χ3n) is 4.82. The summed E-state index contributed by atoms with van der Waals surface area (Å²) in [6.07, 6.45) is 18.1. The van der Waals surface area contributed by atoms with Crippen LogP contribution < -0.4 is 5.32 Å². The molecule has 0 aliphatic heterocycles. The fourth-order valence-electron chi connectivity index (χ4n) is 2.75. The monoisotopic (exact) mass is 439 g/mol. The van der Waals surface area contributed by atoms with Gasteiger partial charge < -0.3 is 10.4 Å². The number of amides is 1. The van der Waals surface area contributed by atoms with Gasteiger partial charge in [-0.1, -0.05) is 90.9 Å². The lowest BCUT2D eigenvalue weighted by Gasteiger charge is -2.22. The van der Waals surface area contributed by atoms with Crippen LogP contribution >= 0.6 is 0 Å². The molecule has 0 aliphatic carbocycles. The first-order valence-electron chi connectivity index (χ1n) is 11.1. The average molecular weight is 440 g/mol. The van der Waals surface area contributed by atoms with E-state index in [1.165, 1.54) is 70.6 Å². The second-order valence-electron chi connectivity index (χ2n) is 7.76. The Balaban J connectivity index is 0. The predicted octanol–water partition coefficient (Wildman–Crippen LogP) is 5.14. The molecule has 0 aromatic carbocycles. The van der Waals surface area contributed by atoms with Gasteiger partial charge in [-0.25, -0.2) is 0 Å². The molecule has 176 valence electrons. The molecule has 0 saturated carbocycles. The molecular weight excluding hydrogens is 394 g/mol. The Morgan fingerprint density at radius 1 is 0.862 bits per heavy atom. The van der Waals surface area contributed by atoms with Crippen LogP contribution in [-0.4, -0.2) is 36.8 Å². The standard InChI is InChI=1S/C20H41NO2.CH4O4S/c1-4-6-7-8-9-10-11-12-13-14-15-16-17-18-19(22)21-20(3,23)5-2;1-5-6(2,3)4/h23H,4-18H2,1-3H3,(H,21,22);1H3,(H,2,3,4). The normalized spacial score (nSPS) is 13.3. The van der Waals surface area contributed by atoms with Crippen molar-refractivity contribution in [3.05, 3.63) is 0 Å². The van der Waals surface area contributed by atoms with Crippen LogP contribution in [0.15, 0.2) is 0 Å². The van der Waals surface area contributed by atoms with Crippen LogP contribution in [0.5, 0.6) is 0 Å². The Morgan fingerprint density at radius 2 is 1.21 bits per heavy atom. The molecule has 8 heteroatoms. The van der Waals surface area contributed by atoms with Gasteiger partial charge in [0.1, 0.15) is 5.72 Å². The molecule has 0 spiro atoms. The highest BCUT2D eigenvalue weighted by Gasteiger charge is 2.19. The SMILES string of the molecule is CCCCCCCCCCCCCCCC(=O)NC(C)(O)CC.COS(=O)(=O)O. The second kappa shape index (κ2) is 19.3. The molecule has 0 saturated heterocycles. The number of nitrogens with one attached hydrogen (secondary N) is 1. The van der Waals surface area contributed by atoms with E-state index in [0.29, 0.717) is 12.8 Å². The first kappa shape index (κ1) is 30.5. The van der Waals surface area contributed by atoms with Crippen molar-refractivity contribution in [3.8, 4) is 0 Å². The molecule has 0 aromatic rings. The quantitative estimate of drug-likeness (QED) is 0.164. The number of hydrogen-bond donors (Lipinski definition) is 3. The van der Waals surface area contributed by atoms with Gasteiger partial charge in [0, 0.05) is 6.42 Å². The van der Waals surface area contributed by atoms with Crippen molar-refractivity contribution in [2.75, 3.05) is 7.11 Å². The van der Waals surface area contributed by atoms with Crippen molar-refractivity contribution in [1.82, 2.24) is 5.32 Å². The van der Waals surface area contributed by atoms with Gasteiger partial charge in [0.15, 0.2) is 0 Å². The van der Waals surface area contributed by atoms with E-state index in [9.17, 15) is 18.3 Å². The minimum atomic E-state index is -4.16. The van der Waals surface area contributed by atoms with Crippen LogP contribution in [-0.2, 0) is 19.4 Å². The minimum absolute atomic E-state index is 0.0278. The highest BCUT2D eigenvalue weighted by Crippen LogP contribution is 2.13. The highest BCUT2D eigenvalue weighted by atomic mass is 32.3. The molecule has 0 radical (unpaired) electrons. The molecule has 1 amide bonds. The molecule has 0 bridgehead atoms. The molecule has 29 heavy (non-hydrogen) atoms. The highest BCUT2D eigenvalue weighted by molar-refractivity contribution is 7.80. The van der Waals surface area contributed by atoms with Crippen molar-refractivity contribution in [1.29, 1.82) is 0 Å². The van der Waals surface area contributed by atoms with Crippen LogP contribution in [0.4, 0.5) is 0 Å². The van der Waals surface area contributed by atoms with Gasteiger partial charge in [0.05, 0.1) is 7.11 Å². The number of carbonyl (C=O) groups excluding carboxylic acids is 1. The first-order valence-corrected chi connectivity index (χ1v) is 12.5. The zero-order valence-corrected chi connectivity index (χ0v) is 19.9. The lowest BCUT2D eigenvalue weighted by molar-refractivity contribution is -0.128. The van der Waals surface area contributed by atoms with E-state index in [0.717, 1.165) is 20.0 Å². The Labute approximate surface area is 179 Å². The summed E-state index contributed by atoms with van der Waals surface area (Å²) in [6, 6.07) is 0. The van der Waals surface area contributed by atoms with E-state index in [-0.39, 0.29) is 5.91 Å². The summed E-state index contributed by atoms with van der Waals surface area (Å²) in [6.45, 7) is 5.78. The predicted molar refractivity (Wildman–Crippen MR) is 118 cm³/mol. The van der Waals surface area contributed by atoms with Crippen molar-refractivity contribution in [2.45, 2.75) is 123 Å². The lowest BCUT2D eigenvalue weighted by Crippen LogP contribution is -2.45. The van der Waals surface area contributed by atoms with Gasteiger partial charge in [0.2, 0.25) is 5.91 Å². The van der Waals surface area contributed by atoms with Crippen molar-refractivity contribution < 1.29 is 27.1 Å². The summed E-state index contributed by atoms with van der Waals surface area (Å²) >= 11 is 0. The molecule has 0 aliphatic rings.